The number of aliphatic hydroxyl groups is 2. The van der Waals surface area contributed by atoms with Crippen LogP contribution >= 0.6 is 18.1 Å². The van der Waals surface area contributed by atoms with E-state index in [1.807, 2.05) is 30.3 Å². The minimum atomic E-state index is -3.53. The lowest BCUT2D eigenvalue weighted by molar-refractivity contribution is -0.150. The van der Waals surface area contributed by atoms with Gasteiger partial charge < -0.3 is 34.7 Å². The molecule has 5 rings (SSSR count). The first-order valence-electron chi connectivity index (χ1n) is 12.0. The van der Waals surface area contributed by atoms with Gasteiger partial charge in [-0.1, -0.05) is 41.7 Å². The summed E-state index contributed by atoms with van der Waals surface area (Å²) < 4.78 is 37.0. The van der Waals surface area contributed by atoms with Gasteiger partial charge in [-0.3, -0.25) is 13.9 Å². The molecule has 4 heterocycles. The Balaban J connectivity index is 1.23. The first-order chi connectivity index (χ1) is 18.5. The lowest BCUT2D eigenvalue weighted by atomic mass is 9.96. The van der Waals surface area contributed by atoms with E-state index >= 15 is 0 Å². The van der Waals surface area contributed by atoms with E-state index in [1.54, 1.807) is 6.92 Å². The van der Waals surface area contributed by atoms with Crippen molar-refractivity contribution in [2.45, 2.75) is 50.0 Å². The van der Waals surface area contributed by atoms with Gasteiger partial charge in [0, 0.05) is 5.75 Å². The predicted octanol–water partition coefficient (Wildman–Crippen LogP) is 1.56. The molecule has 0 spiro atoms. The van der Waals surface area contributed by atoms with E-state index in [4.69, 9.17) is 24.5 Å². The zero-order chi connectivity index (χ0) is 27.9. The minimum Gasteiger partial charge on any atom is -0.479 e. The van der Waals surface area contributed by atoms with E-state index in [0.29, 0.717) is 0 Å². The van der Waals surface area contributed by atoms with E-state index in [-0.39, 0.29) is 35.4 Å². The normalized spacial score (nSPS) is 31.4. The average Bonchev–Trinajstić information content (AvgIpc) is 3.57. The summed E-state index contributed by atoms with van der Waals surface area (Å²) in [6, 6.07) is 8.43. The molecule has 0 saturated carbocycles. The summed E-state index contributed by atoms with van der Waals surface area (Å²) in [5.41, 5.74) is 5.33. The fourth-order valence-corrected chi connectivity index (χ4v) is 8.33. The highest BCUT2D eigenvalue weighted by atomic mass is 32.7. The summed E-state index contributed by atoms with van der Waals surface area (Å²) in [6.45, 7) is -0.719. The number of nitrogens with two attached hydrogens (primary N) is 1. The van der Waals surface area contributed by atoms with Crippen molar-refractivity contribution in [1.29, 1.82) is 0 Å². The summed E-state index contributed by atoms with van der Waals surface area (Å²) in [5, 5.41) is 24.7. The van der Waals surface area contributed by atoms with E-state index < -0.39 is 48.9 Å². The van der Waals surface area contributed by atoms with Gasteiger partial charge in [0.05, 0.1) is 20.0 Å². The topological polar surface area (TPSA) is 193 Å². The first-order valence-corrected chi connectivity index (χ1v) is 15.3. The van der Waals surface area contributed by atoms with Crippen molar-refractivity contribution in [1.82, 2.24) is 24.6 Å². The van der Waals surface area contributed by atoms with Crippen LogP contribution in [0, 0.1) is 0 Å². The number of hydrogen-bond donors (Lipinski definition) is 4. The van der Waals surface area contributed by atoms with Crippen LogP contribution in [0.15, 0.2) is 36.7 Å². The third kappa shape index (κ3) is 5.35. The Morgan fingerprint density at radius 2 is 2.13 bits per heavy atom. The highest BCUT2D eigenvalue weighted by Gasteiger charge is 2.54. The molecule has 1 aromatic carbocycles. The van der Waals surface area contributed by atoms with E-state index in [1.165, 1.54) is 24.9 Å². The third-order valence-electron chi connectivity index (χ3n) is 6.59. The van der Waals surface area contributed by atoms with Gasteiger partial charge in [-0.25, -0.2) is 10.1 Å². The molecule has 2 fully saturated rings. The van der Waals surface area contributed by atoms with Gasteiger partial charge in [-0.15, -0.1) is 0 Å². The number of anilines is 1. The largest absolute Gasteiger partial charge is 0.479 e. The second-order valence-electron chi connectivity index (χ2n) is 9.37. The van der Waals surface area contributed by atoms with Gasteiger partial charge >= 0.3 is 12.7 Å². The molecule has 2 saturated heterocycles. The Bertz CT molecular complexity index is 1410. The van der Waals surface area contributed by atoms with E-state index in [9.17, 15) is 19.6 Å². The van der Waals surface area contributed by atoms with Crippen LogP contribution in [0.4, 0.5) is 5.95 Å². The maximum atomic E-state index is 13.3. The fourth-order valence-electron chi connectivity index (χ4n) is 4.45. The highest BCUT2D eigenvalue weighted by molar-refractivity contribution is 8.56. The van der Waals surface area contributed by atoms with Crippen molar-refractivity contribution in [2.24, 2.45) is 0 Å². The first kappa shape index (κ1) is 27.8. The van der Waals surface area contributed by atoms with Crippen LogP contribution in [-0.4, -0.2) is 79.0 Å². The van der Waals surface area contributed by atoms with Gasteiger partial charge in [0.1, 0.15) is 30.0 Å². The van der Waals surface area contributed by atoms with Crippen LogP contribution in [0.3, 0.4) is 0 Å². The second kappa shape index (κ2) is 10.7. The number of carbonyl (C=O) groups excluding carboxylic acids is 1. The summed E-state index contributed by atoms with van der Waals surface area (Å²) >= 11 is 0.956. The molecule has 2 aliphatic heterocycles. The smallest absolute Gasteiger partial charge is 0.327 e. The van der Waals surface area contributed by atoms with Gasteiger partial charge in [-0.2, -0.15) is 9.97 Å². The van der Waals surface area contributed by atoms with Gasteiger partial charge in [0.15, 0.2) is 17.4 Å². The molecule has 2 aromatic heterocycles. The fraction of sp³-hybridized carbons (Fsp3) is 0.478. The van der Waals surface area contributed by atoms with Crippen LogP contribution in [0.25, 0.3) is 11.2 Å². The van der Waals surface area contributed by atoms with Crippen LogP contribution in [0.5, 0.6) is 5.88 Å². The maximum absolute atomic E-state index is 13.3. The highest BCUT2D eigenvalue weighted by Crippen LogP contribution is 2.61. The molecule has 0 radical (unpaired) electrons. The number of fused-ring (bicyclic) bond motifs is 1. The molecule has 39 heavy (non-hydrogen) atoms. The van der Waals surface area contributed by atoms with Crippen molar-refractivity contribution in [3.05, 3.63) is 42.2 Å². The summed E-state index contributed by atoms with van der Waals surface area (Å²) in [5.74, 6) is -0.310. The molecule has 0 aliphatic carbocycles. The van der Waals surface area contributed by atoms with Crippen molar-refractivity contribution in [3.63, 3.8) is 0 Å². The number of nitrogens with zero attached hydrogens (tertiary/aromatic N) is 4. The van der Waals surface area contributed by atoms with E-state index in [0.717, 1.165) is 16.9 Å². The number of rotatable bonds is 8. The van der Waals surface area contributed by atoms with Crippen LogP contribution < -0.4 is 15.6 Å². The number of aliphatic hydroxyl groups excluding tert-OH is 1. The standard InChI is InChI=1S/C23H29N6O8PS/c1-12(13-7-5-4-6-8-13)36-20(31)14-10-39-38(33,28-14)35-9-15-17(30)23(2,32)21(37-15)29-11-25-16-18(29)26-22(24)27-19(16)34-3/h4-8,11-12,14-15,17,21,30,32H,9-10H2,1-3H3,(H,28,33)(H2,24,26,27)/t12-,14?,15?,17-,21-,23-,38?/m1/s1. The van der Waals surface area contributed by atoms with Gasteiger partial charge in [0.2, 0.25) is 11.8 Å². The molecule has 0 bridgehead atoms. The van der Waals surface area contributed by atoms with Crippen molar-refractivity contribution < 1.29 is 38.3 Å². The number of imidazole rings is 1. The van der Waals surface area contributed by atoms with E-state index in [2.05, 4.69) is 20.0 Å². The summed E-state index contributed by atoms with van der Waals surface area (Å²) in [7, 11) is 1.41. The van der Waals surface area contributed by atoms with Crippen molar-refractivity contribution in [2.75, 3.05) is 25.2 Å². The number of esters is 1. The predicted molar refractivity (Wildman–Crippen MR) is 141 cm³/mol. The number of nitrogen functional groups attached to an aromatic ring is 1. The molecule has 0 amide bonds. The molecule has 7 atom stereocenters. The molecule has 3 aromatic rings. The SMILES string of the molecule is COc1nc(N)nc2c1ncn2[C@@H]1OC(COP2(=O)NC(C(=O)O[C@H](C)c3ccccc3)CS2)[C@@H](O)[C@@]1(C)O. The number of hydrogen-bond acceptors (Lipinski definition) is 13. The Hall–Kier alpha value is -2.78. The lowest BCUT2D eigenvalue weighted by Crippen LogP contribution is -2.44. The molecule has 5 N–H and O–H groups in total. The second-order valence-corrected chi connectivity index (χ2v) is 13.7. The zero-order valence-electron chi connectivity index (χ0n) is 21.3. The van der Waals surface area contributed by atoms with Crippen LogP contribution in [0.1, 0.15) is 31.7 Å². The number of aromatic nitrogens is 4. The number of ether oxygens (including phenoxy) is 3. The Morgan fingerprint density at radius 1 is 1.38 bits per heavy atom. The molecule has 210 valence electrons. The molecule has 3 unspecified atom stereocenters. The van der Waals surface area contributed by atoms with Crippen LogP contribution in [-0.2, 0) is 23.4 Å². The quantitative estimate of drug-likeness (QED) is 0.221. The van der Waals surface area contributed by atoms with Crippen molar-refractivity contribution in [3.8, 4) is 5.88 Å². The van der Waals surface area contributed by atoms with Gasteiger partial charge in [-0.05, 0) is 19.4 Å². The number of carbonyl (C=O) groups is 1. The van der Waals surface area contributed by atoms with Crippen molar-refractivity contribution >= 4 is 41.2 Å². The third-order valence-corrected chi connectivity index (χ3v) is 10.6. The number of nitrogens with one attached hydrogen (secondary N) is 1. The Labute approximate surface area is 227 Å². The molecule has 16 heteroatoms. The molecular weight excluding hydrogens is 551 g/mol. The summed E-state index contributed by atoms with van der Waals surface area (Å²) in [4.78, 5) is 25.0. The van der Waals surface area contributed by atoms with Gasteiger partial charge in [0.25, 0.3) is 0 Å². The number of benzene rings is 1. The number of methoxy groups -OCH3 is 1. The summed E-state index contributed by atoms with van der Waals surface area (Å²) in [6.07, 6.45) is -2.75. The zero-order valence-corrected chi connectivity index (χ0v) is 23.0. The monoisotopic (exact) mass is 580 g/mol. The molecule has 2 aliphatic rings. The maximum Gasteiger partial charge on any atom is 0.327 e. The average molecular weight is 581 g/mol. The molecular formula is C23H29N6O8PS. The lowest BCUT2D eigenvalue weighted by Gasteiger charge is -2.27. The Kier molecular flexibility index (Phi) is 7.59. The Morgan fingerprint density at radius 3 is 2.85 bits per heavy atom. The van der Waals surface area contributed by atoms with Crippen LogP contribution in [0.2, 0.25) is 0 Å². The minimum absolute atomic E-state index is 0.0761. The molecule has 14 nitrogen and oxygen atoms in total.